The second-order valence-corrected chi connectivity index (χ2v) is 2.02. The third kappa shape index (κ3) is 1.16. The summed E-state index contributed by atoms with van der Waals surface area (Å²) in [6, 6.07) is 0. The lowest BCUT2D eigenvalue weighted by atomic mass is 10.3. The highest BCUT2D eigenvalue weighted by molar-refractivity contribution is 5.53. The quantitative estimate of drug-likeness (QED) is 0.554. The van der Waals surface area contributed by atoms with E-state index in [4.69, 9.17) is 0 Å². The zero-order chi connectivity index (χ0) is 6.85. The van der Waals surface area contributed by atoms with Gasteiger partial charge in [0.05, 0.1) is 0 Å². The second-order valence-electron chi connectivity index (χ2n) is 2.02. The molecule has 0 radical (unpaired) electrons. The standard InChI is InChI=1S/C6H9N3/c1-5(2)6-7-4-9(3)8-6/h4H,1H2,2-3H3. The van der Waals surface area contributed by atoms with E-state index in [1.807, 2.05) is 14.0 Å². The Labute approximate surface area is 54.0 Å². The molecule has 1 rings (SSSR count). The first-order valence-electron chi connectivity index (χ1n) is 2.71. The summed E-state index contributed by atoms with van der Waals surface area (Å²) in [5.41, 5.74) is 0.899. The number of nitrogens with zero attached hydrogens (tertiary/aromatic N) is 3. The van der Waals surface area contributed by atoms with Crippen molar-refractivity contribution in [3.05, 3.63) is 18.7 Å². The molecule has 0 saturated heterocycles. The fourth-order valence-corrected chi connectivity index (χ4v) is 0.535. The van der Waals surface area contributed by atoms with Crippen LogP contribution in [0.3, 0.4) is 0 Å². The Balaban J connectivity index is 2.98. The van der Waals surface area contributed by atoms with Crippen molar-refractivity contribution in [1.82, 2.24) is 14.8 Å². The molecule has 1 aromatic rings. The van der Waals surface area contributed by atoms with E-state index >= 15 is 0 Å². The monoisotopic (exact) mass is 123 g/mol. The summed E-state index contributed by atoms with van der Waals surface area (Å²) >= 11 is 0. The van der Waals surface area contributed by atoms with Crippen LogP contribution in [0.1, 0.15) is 12.7 Å². The molecule has 0 fully saturated rings. The lowest BCUT2D eigenvalue weighted by Gasteiger charge is -1.85. The van der Waals surface area contributed by atoms with Gasteiger partial charge in [-0.1, -0.05) is 6.58 Å². The molecule has 0 amide bonds. The van der Waals surface area contributed by atoms with Gasteiger partial charge in [-0.05, 0) is 12.5 Å². The van der Waals surface area contributed by atoms with Crippen molar-refractivity contribution in [3.63, 3.8) is 0 Å². The molecule has 3 heteroatoms. The minimum Gasteiger partial charge on any atom is -0.255 e. The summed E-state index contributed by atoms with van der Waals surface area (Å²) < 4.78 is 1.66. The first-order chi connectivity index (χ1) is 4.20. The minimum absolute atomic E-state index is 0.720. The Hall–Kier alpha value is -1.12. The van der Waals surface area contributed by atoms with Crippen LogP contribution >= 0.6 is 0 Å². The predicted molar refractivity (Wildman–Crippen MR) is 35.7 cm³/mol. The van der Waals surface area contributed by atoms with Crippen LogP contribution in [0.4, 0.5) is 0 Å². The van der Waals surface area contributed by atoms with Crippen molar-refractivity contribution < 1.29 is 0 Å². The van der Waals surface area contributed by atoms with Gasteiger partial charge in [0.25, 0.3) is 0 Å². The van der Waals surface area contributed by atoms with E-state index in [9.17, 15) is 0 Å². The Morgan fingerprint density at radius 3 is 2.67 bits per heavy atom. The molecule has 0 N–H and O–H groups in total. The van der Waals surface area contributed by atoms with Gasteiger partial charge in [-0.2, -0.15) is 5.10 Å². The molecule has 0 aliphatic carbocycles. The summed E-state index contributed by atoms with van der Waals surface area (Å²) in [7, 11) is 1.83. The van der Waals surface area contributed by atoms with Crippen molar-refractivity contribution in [2.75, 3.05) is 0 Å². The van der Waals surface area contributed by atoms with Gasteiger partial charge in [-0.3, -0.25) is 4.68 Å². The van der Waals surface area contributed by atoms with E-state index in [2.05, 4.69) is 16.7 Å². The molecule has 1 aromatic heterocycles. The second kappa shape index (κ2) is 2.01. The van der Waals surface area contributed by atoms with Gasteiger partial charge >= 0.3 is 0 Å². The molecule has 0 saturated carbocycles. The van der Waals surface area contributed by atoms with Gasteiger partial charge in [0.1, 0.15) is 6.33 Å². The summed E-state index contributed by atoms with van der Waals surface area (Å²) in [6.45, 7) is 5.58. The third-order valence-corrected chi connectivity index (χ3v) is 0.981. The number of hydrogen-bond acceptors (Lipinski definition) is 2. The van der Waals surface area contributed by atoms with Crippen LogP contribution in [0, 0.1) is 0 Å². The molecule has 0 aromatic carbocycles. The van der Waals surface area contributed by atoms with E-state index in [1.54, 1.807) is 11.0 Å². The zero-order valence-electron chi connectivity index (χ0n) is 5.63. The maximum absolute atomic E-state index is 4.02. The van der Waals surface area contributed by atoms with Crippen LogP contribution in [0.5, 0.6) is 0 Å². The van der Waals surface area contributed by atoms with E-state index in [1.165, 1.54) is 0 Å². The van der Waals surface area contributed by atoms with E-state index < -0.39 is 0 Å². The number of hydrogen-bond donors (Lipinski definition) is 0. The maximum Gasteiger partial charge on any atom is 0.176 e. The van der Waals surface area contributed by atoms with Crippen LogP contribution in [0.15, 0.2) is 12.9 Å². The number of aryl methyl sites for hydroxylation is 1. The fourth-order valence-electron chi connectivity index (χ4n) is 0.535. The lowest BCUT2D eigenvalue weighted by Crippen LogP contribution is -1.88. The first kappa shape index (κ1) is 6.01. The molecule has 1 heterocycles. The smallest absolute Gasteiger partial charge is 0.176 e. The minimum atomic E-state index is 0.720. The normalized spacial score (nSPS) is 9.56. The van der Waals surface area contributed by atoms with E-state index in [0.717, 1.165) is 11.4 Å². The lowest BCUT2D eigenvalue weighted by molar-refractivity contribution is 0.762. The highest BCUT2D eigenvalue weighted by atomic mass is 15.3. The Morgan fingerprint density at radius 2 is 2.44 bits per heavy atom. The number of allylic oxidation sites excluding steroid dienone is 1. The number of aromatic nitrogens is 3. The highest BCUT2D eigenvalue weighted by Crippen LogP contribution is 2.01. The zero-order valence-corrected chi connectivity index (χ0v) is 5.63. The highest BCUT2D eigenvalue weighted by Gasteiger charge is 1.95. The molecule has 3 nitrogen and oxygen atoms in total. The topological polar surface area (TPSA) is 30.7 Å². The van der Waals surface area contributed by atoms with Gasteiger partial charge < -0.3 is 0 Å². The van der Waals surface area contributed by atoms with Crippen molar-refractivity contribution >= 4 is 5.57 Å². The molecule has 0 spiro atoms. The molecule has 0 atom stereocenters. The van der Waals surface area contributed by atoms with Gasteiger partial charge in [0.2, 0.25) is 0 Å². The summed E-state index contributed by atoms with van der Waals surface area (Å²) in [4.78, 5) is 3.97. The average molecular weight is 123 g/mol. The molecule has 0 bridgehead atoms. The third-order valence-electron chi connectivity index (χ3n) is 0.981. The van der Waals surface area contributed by atoms with Crippen molar-refractivity contribution in [2.45, 2.75) is 6.92 Å². The van der Waals surface area contributed by atoms with Gasteiger partial charge in [-0.15, -0.1) is 0 Å². The fraction of sp³-hybridized carbons (Fsp3) is 0.333. The van der Waals surface area contributed by atoms with E-state index in [-0.39, 0.29) is 0 Å². The van der Waals surface area contributed by atoms with Gasteiger partial charge in [0, 0.05) is 7.05 Å². The summed E-state index contributed by atoms with van der Waals surface area (Å²) in [6.07, 6.45) is 1.66. The molecular weight excluding hydrogens is 114 g/mol. The molecule has 0 aliphatic rings. The Morgan fingerprint density at radius 1 is 1.78 bits per heavy atom. The largest absolute Gasteiger partial charge is 0.255 e. The van der Waals surface area contributed by atoms with Crippen LogP contribution in [-0.4, -0.2) is 14.8 Å². The molecule has 48 valence electrons. The SMILES string of the molecule is C=C(C)c1ncn(C)n1. The number of rotatable bonds is 1. The van der Waals surface area contributed by atoms with Crippen molar-refractivity contribution in [3.8, 4) is 0 Å². The maximum atomic E-state index is 4.02. The Kier molecular flexibility index (Phi) is 1.34. The van der Waals surface area contributed by atoms with Crippen LogP contribution in [-0.2, 0) is 7.05 Å². The van der Waals surface area contributed by atoms with E-state index in [0.29, 0.717) is 0 Å². The first-order valence-corrected chi connectivity index (χ1v) is 2.71. The molecule has 9 heavy (non-hydrogen) atoms. The van der Waals surface area contributed by atoms with Crippen LogP contribution < -0.4 is 0 Å². The van der Waals surface area contributed by atoms with Crippen LogP contribution in [0.25, 0.3) is 5.57 Å². The average Bonchev–Trinajstić information content (AvgIpc) is 2.14. The van der Waals surface area contributed by atoms with Crippen LogP contribution in [0.2, 0.25) is 0 Å². The van der Waals surface area contributed by atoms with Gasteiger partial charge in [-0.25, -0.2) is 4.98 Å². The Bertz CT molecular complexity index is 224. The predicted octanol–water partition coefficient (Wildman–Crippen LogP) is 0.848. The summed E-state index contributed by atoms with van der Waals surface area (Å²) in [5, 5.41) is 4.02. The van der Waals surface area contributed by atoms with Gasteiger partial charge in [0.15, 0.2) is 5.82 Å². The molecule has 0 unspecified atom stereocenters. The summed E-state index contributed by atoms with van der Waals surface area (Å²) in [5.74, 6) is 0.720. The molecular formula is C6H9N3. The molecule has 0 aliphatic heterocycles. The van der Waals surface area contributed by atoms with Crippen molar-refractivity contribution in [2.24, 2.45) is 7.05 Å². The van der Waals surface area contributed by atoms with Crippen molar-refractivity contribution in [1.29, 1.82) is 0 Å².